The fourth-order valence-electron chi connectivity index (χ4n) is 3.75. The van der Waals surface area contributed by atoms with E-state index in [9.17, 15) is 32.3 Å². The zero-order valence-electron chi connectivity index (χ0n) is 17.0. The topological polar surface area (TPSA) is 118 Å². The first-order valence-corrected chi connectivity index (χ1v) is 9.86. The molecule has 0 saturated heterocycles. The summed E-state index contributed by atoms with van der Waals surface area (Å²) in [5.74, 6) is -4.79. The molecule has 0 bridgehead atoms. The van der Waals surface area contributed by atoms with Crippen LogP contribution in [-0.4, -0.2) is 46.9 Å². The first-order chi connectivity index (χ1) is 13.6. The van der Waals surface area contributed by atoms with Crippen molar-refractivity contribution in [2.45, 2.75) is 88.6 Å². The standard InChI is InChI=1S/C19H27F4N3O4/c1-16(2,19(21,22)23)15(30)25-11(10-17(20)6-3-4-7-17)14(29)26-18(8-5-9-18)12(27)13(24)28/h11H,3-10H2,1-2H3,(H2,24,28)(H,25,30)(H,26,29). The van der Waals surface area contributed by atoms with Crippen LogP contribution in [0.3, 0.4) is 0 Å². The van der Waals surface area contributed by atoms with Crippen LogP contribution in [0.5, 0.6) is 0 Å². The van der Waals surface area contributed by atoms with Gasteiger partial charge in [0.1, 0.15) is 22.7 Å². The van der Waals surface area contributed by atoms with Crippen LogP contribution < -0.4 is 16.4 Å². The molecule has 3 amide bonds. The Morgan fingerprint density at radius 1 is 1.00 bits per heavy atom. The summed E-state index contributed by atoms with van der Waals surface area (Å²) in [6.07, 6.45) is -3.33. The highest BCUT2D eigenvalue weighted by molar-refractivity contribution is 6.39. The van der Waals surface area contributed by atoms with Crippen LogP contribution in [0.15, 0.2) is 0 Å². The Labute approximate surface area is 171 Å². The maximum Gasteiger partial charge on any atom is 0.402 e. The predicted octanol–water partition coefficient (Wildman–Crippen LogP) is 1.83. The van der Waals surface area contributed by atoms with Crippen molar-refractivity contribution in [3.63, 3.8) is 0 Å². The Hall–Kier alpha value is -2.20. The number of halogens is 4. The van der Waals surface area contributed by atoms with Gasteiger partial charge in [0.15, 0.2) is 0 Å². The van der Waals surface area contributed by atoms with Crippen LogP contribution >= 0.6 is 0 Å². The molecule has 0 aliphatic heterocycles. The van der Waals surface area contributed by atoms with Gasteiger partial charge >= 0.3 is 6.18 Å². The average molecular weight is 437 g/mol. The SMILES string of the molecule is CC(C)(C(=O)NC(CC1(F)CCCC1)C(=O)NC1(C(=O)C(N)=O)CCC1)C(F)(F)F. The third-order valence-electron chi connectivity index (χ3n) is 6.20. The Morgan fingerprint density at radius 2 is 1.53 bits per heavy atom. The van der Waals surface area contributed by atoms with Crippen molar-refractivity contribution >= 4 is 23.5 Å². The molecule has 7 nitrogen and oxygen atoms in total. The van der Waals surface area contributed by atoms with Crippen LogP contribution in [0.2, 0.25) is 0 Å². The summed E-state index contributed by atoms with van der Waals surface area (Å²) >= 11 is 0. The second kappa shape index (κ2) is 8.14. The van der Waals surface area contributed by atoms with Gasteiger partial charge in [0.25, 0.3) is 5.91 Å². The lowest BCUT2D eigenvalue weighted by Crippen LogP contribution is -2.66. The van der Waals surface area contributed by atoms with Gasteiger partial charge in [-0.05, 0) is 46.0 Å². The van der Waals surface area contributed by atoms with Crippen molar-refractivity contribution in [2.75, 3.05) is 0 Å². The second-order valence-electron chi connectivity index (χ2n) is 8.83. The summed E-state index contributed by atoms with van der Waals surface area (Å²) < 4.78 is 54.7. The zero-order valence-corrected chi connectivity index (χ0v) is 17.0. The highest BCUT2D eigenvalue weighted by atomic mass is 19.4. The molecular formula is C19H27F4N3O4. The lowest BCUT2D eigenvalue weighted by atomic mass is 9.73. The Bertz CT molecular complexity index is 726. The number of nitrogens with one attached hydrogen (secondary N) is 2. The number of amides is 3. The highest BCUT2D eigenvalue weighted by Crippen LogP contribution is 2.40. The molecule has 0 radical (unpaired) electrons. The van der Waals surface area contributed by atoms with Gasteiger partial charge in [0, 0.05) is 6.42 Å². The van der Waals surface area contributed by atoms with Crippen molar-refractivity contribution in [3.8, 4) is 0 Å². The number of rotatable bonds is 8. The molecule has 2 rings (SSSR count). The fraction of sp³-hybridized carbons (Fsp3) is 0.789. The minimum Gasteiger partial charge on any atom is -0.363 e. The van der Waals surface area contributed by atoms with Crippen LogP contribution in [0, 0.1) is 5.41 Å². The zero-order chi connectivity index (χ0) is 23.0. The smallest absolute Gasteiger partial charge is 0.363 e. The number of carbonyl (C=O) groups is 4. The average Bonchev–Trinajstić information content (AvgIpc) is 3.01. The van der Waals surface area contributed by atoms with Crippen LogP contribution in [0.4, 0.5) is 17.6 Å². The van der Waals surface area contributed by atoms with E-state index in [-0.39, 0.29) is 25.7 Å². The molecule has 170 valence electrons. The van der Waals surface area contributed by atoms with Crippen molar-refractivity contribution in [2.24, 2.45) is 11.1 Å². The van der Waals surface area contributed by atoms with Crippen molar-refractivity contribution < 1.29 is 36.7 Å². The summed E-state index contributed by atoms with van der Waals surface area (Å²) in [6, 6.07) is -1.64. The van der Waals surface area contributed by atoms with E-state index in [0.717, 1.165) is 0 Å². The van der Waals surface area contributed by atoms with Crippen molar-refractivity contribution in [3.05, 3.63) is 0 Å². The lowest BCUT2D eigenvalue weighted by molar-refractivity contribution is -0.212. The molecule has 1 atom stereocenters. The molecule has 2 saturated carbocycles. The van der Waals surface area contributed by atoms with E-state index in [1.165, 1.54) is 0 Å². The number of Topliss-reactive ketones (excluding diaryl/α,β-unsaturated/α-hetero) is 1. The first-order valence-electron chi connectivity index (χ1n) is 9.86. The molecule has 0 heterocycles. The molecule has 1 unspecified atom stereocenters. The summed E-state index contributed by atoms with van der Waals surface area (Å²) in [5.41, 5.74) is -1.18. The van der Waals surface area contributed by atoms with Gasteiger partial charge in [-0.15, -0.1) is 0 Å². The molecule has 2 fully saturated rings. The maximum atomic E-state index is 15.0. The Balaban J connectivity index is 2.24. The van der Waals surface area contributed by atoms with E-state index in [1.807, 2.05) is 5.32 Å². The van der Waals surface area contributed by atoms with E-state index >= 15 is 4.39 Å². The molecule has 0 aromatic heterocycles. The molecule has 2 aliphatic rings. The number of hydrogen-bond acceptors (Lipinski definition) is 4. The minimum absolute atomic E-state index is 0.112. The number of nitrogens with two attached hydrogens (primary N) is 1. The van der Waals surface area contributed by atoms with E-state index in [1.54, 1.807) is 0 Å². The van der Waals surface area contributed by atoms with Gasteiger partial charge in [0.2, 0.25) is 17.6 Å². The highest BCUT2D eigenvalue weighted by Gasteiger charge is 2.54. The fourth-order valence-corrected chi connectivity index (χ4v) is 3.75. The minimum atomic E-state index is -4.89. The number of ketones is 1. The summed E-state index contributed by atoms with van der Waals surface area (Å²) in [6.45, 7) is 1.31. The van der Waals surface area contributed by atoms with Gasteiger partial charge in [-0.1, -0.05) is 12.8 Å². The van der Waals surface area contributed by atoms with E-state index < -0.39 is 58.8 Å². The molecule has 11 heteroatoms. The number of alkyl halides is 4. The normalized spacial score (nSPS) is 21.3. The van der Waals surface area contributed by atoms with Crippen LogP contribution in [0.1, 0.15) is 65.2 Å². The first kappa shape index (κ1) is 24.1. The Morgan fingerprint density at radius 3 is 1.93 bits per heavy atom. The van der Waals surface area contributed by atoms with Crippen molar-refractivity contribution in [1.29, 1.82) is 0 Å². The van der Waals surface area contributed by atoms with Gasteiger partial charge in [-0.3, -0.25) is 19.2 Å². The molecule has 0 aromatic rings. The van der Waals surface area contributed by atoms with E-state index in [0.29, 0.717) is 33.1 Å². The van der Waals surface area contributed by atoms with E-state index in [4.69, 9.17) is 5.73 Å². The van der Waals surface area contributed by atoms with Gasteiger partial charge in [-0.25, -0.2) is 4.39 Å². The number of hydrogen-bond donors (Lipinski definition) is 3. The predicted molar refractivity (Wildman–Crippen MR) is 97.6 cm³/mol. The number of primary amides is 1. The second-order valence-corrected chi connectivity index (χ2v) is 8.83. The van der Waals surface area contributed by atoms with Crippen molar-refractivity contribution in [1.82, 2.24) is 10.6 Å². The Kier molecular flexibility index (Phi) is 6.54. The van der Waals surface area contributed by atoms with Gasteiger partial charge < -0.3 is 16.4 Å². The third kappa shape index (κ3) is 4.75. The van der Waals surface area contributed by atoms with E-state index in [2.05, 4.69) is 5.32 Å². The molecule has 4 N–H and O–H groups in total. The monoisotopic (exact) mass is 437 g/mol. The third-order valence-corrected chi connectivity index (χ3v) is 6.20. The summed E-state index contributed by atoms with van der Waals surface area (Å²) in [5, 5.41) is 4.36. The summed E-state index contributed by atoms with van der Waals surface area (Å²) in [4.78, 5) is 48.6. The molecule has 30 heavy (non-hydrogen) atoms. The maximum absolute atomic E-state index is 15.0. The van der Waals surface area contributed by atoms with Crippen LogP contribution in [-0.2, 0) is 19.2 Å². The lowest BCUT2D eigenvalue weighted by Gasteiger charge is -2.41. The molecular weight excluding hydrogens is 410 g/mol. The quantitative estimate of drug-likeness (QED) is 0.397. The largest absolute Gasteiger partial charge is 0.402 e. The molecule has 0 spiro atoms. The summed E-state index contributed by atoms with van der Waals surface area (Å²) in [7, 11) is 0. The molecule has 2 aliphatic carbocycles. The molecule has 0 aromatic carbocycles. The van der Waals surface area contributed by atoms with Gasteiger partial charge in [0.05, 0.1) is 0 Å². The van der Waals surface area contributed by atoms with Gasteiger partial charge in [-0.2, -0.15) is 13.2 Å². The van der Waals surface area contributed by atoms with Crippen LogP contribution in [0.25, 0.3) is 0 Å². The number of carbonyl (C=O) groups excluding carboxylic acids is 4.